The molecule has 0 unspecified atom stereocenters. The minimum atomic E-state index is -0.0949. The smallest absolute Gasteiger partial charge is 0.143 e. The monoisotopic (exact) mass is 874 g/mol. The summed E-state index contributed by atoms with van der Waals surface area (Å²) < 4.78 is 11.8. The van der Waals surface area contributed by atoms with Gasteiger partial charge in [0.05, 0.1) is 11.0 Å². The van der Waals surface area contributed by atoms with Gasteiger partial charge < -0.3 is 13.9 Å². The van der Waals surface area contributed by atoms with Crippen molar-refractivity contribution in [1.29, 1.82) is 0 Å². The highest BCUT2D eigenvalue weighted by molar-refractivity contribution is 7.25. The standard InChI is InChI=1S/C63H42N2OS/c1-63(2)55-24-8-3-19-46(55)47-31-29-40(35-56(47)63)39-15-13-17-42(33-39)64(44-30-32-61-53(36-44)51-23-7-12-28-60(51)67-61)45-37-52(62-54(38-45)50-22-6-11-27-59(50)66-62)41-16-14-18-43(34-41)65-57-25-9-4-20-48(57)49-21-5-10-26-58(49)65/h3-38H,1-2H3. The highest BCUT2D eigenvalue weighted by Gasteiger charge is 2.35. The third-order valence-corrected chi connectivity index (χ3v) is 15.5. The number of furan rings is 1. The predicted octanol–water partition coefficient (Wildman–Crippen LogP) is 18.2. The van der Waals surface area contributed by atoms with Gasteiger partial charge in [-0.1, -0.05) is 147 Å². The number of thiophene rings is 1. The summed E-state index contributed by atoms with van der Waals surface area (Å²) in [7, 11) is 0. The summed E-state index contributed by atoms with van der Waals surface area (Å²) in [6.07, 6.45) is 0. The van der Waals surface area contributed by atoms with Gasteiger partial charge in [0, 0.05) is 75.4 Å². The van der Waals surface area contributed by atoms with E-state index in [1.807, 2.05) is 11.3 Å². The Bertz CT molecular complexity index is 4110. The van der Waals surface area contributed by atoms with Crippen molar-refractivity contribution in [1.82, 2.24) is 4.57 Å². The molecule has 0 fully saturated rings. The highest BCUT2D eigenvalue weighted by atomic mass is 32.1. The average Bonchev–Trinajstić information content (AvgIpc) is 4.11. The normalized spacial score (nSPS) is 13.0. The van der Waals surface area contributed by atoms with Crippen LogP contribution in [0.15, 0.2) is 223 Å². The van der Waals surface area contributed by atoms with Crippen molar-refractivity contribution in [3.05, 3.63) is 230 Å². The molecule has 67 heavy (non-hydrogen) atoms. The third-order valence-electron chi connectivity index (χ3n) is 14.4. The SMILES string of the molecule is CC1(C)c2ccccc2-c2ccc(-c3cccc(N(c4ccc5sc6ccccc6c5c4)c4cc(-c5cccc(-n6c7ccccc7c7ccccc76)c5)c5oc6ccccc6c5c4)c3)cc21. The lowest BCUT2D eigenvalue weighted by Gasteiger charge is -2.27. The van der Waals surface area contributed by atoms with Crippen LogP contribution in [-0.2, 0) is 5.41 Å². The zero-order valence-corrected chi connectivity index (χ0v) is 37.8. The van der Waals surface area contributed by atoms with Crippen LogP contribution in [0.1, 0.15) is 25.0 Å². The Morgan fingerprint density at radius 3 is 1.90 bits per heavy atom. The number of hydrogen-bond donors (Lipinski definition) is 0. The van der Waals surface area contributed by atoms with E-state index in [0.29, 0.717) is 0 Å². The fourth-order valence-electron chi connectivity index (χ4n) is 11.2. The number of anilines is 3. The molecule has 0 N–H and O–H groups in total. The first kappa shape index (κ1) is 38.1. The molecule has 1 aliphatic carbocycles. The first-order valence-corrected chi connectivity index (χ1v) is 23.9. The van der Waals surface area contributed by atoms with Crippen LogP contribution in [0.2, 0.25) is 0 Å². The second-order valence-corrected chi connectivity index (χ2v) is 19.6. The molecule has 316 valence electrons. The van der Waals surface area contributed by atoms with Crippen LogP contribution in [0.5, 0.6) is 0 Å². The van der Waals surface area contributed by atoms with E-state index in [4.69, 9.17) is 4.42 Å². The Kier molecular flexibility index (Phi) is 8.20. The summed E-state index contributed by atoms with van der Waals surface area (Å²) in [5.74, 6) is 0. The van der Waals surface area contributed by atoms with E-state index in [1.165, 1.54) is 75.4 Å². The summed E-state index contributed by atoms with van der Waals surface area (Å²) in [5.41, 5.74) is 18.3. The minimum absolute atomic E-state index is 0.0949. The van der Waals surface area contributed by atoms with Crippen LogP contribution < -0.4 is 4.90 Å². The zero-order valence-electron chi connectivity index (χ0n) is 37.0. The molecule has 0 saturated heterocycles. The van der Waals surface area contributed by atoms with Crippen molar-refractivity contribution in [2.45, 2.75) is 19.3 Å². The number of hydrogen-bond acceptors (Lipinski definition) is 3. The van der Waals surface area contributed by atoms with Crippen molar-refractivity contribution in [2.24, 2.45) is 0 Å². The molecule has 1 aliphatic rings. The topological polar surface area (TPSA) is 21.3 Å². The van der Waals surface area contributed by atoms with Gasteiger partial charge in [-0.2, -0.15) is 0 Å². The highest BCUT2D eigenvalue weighted by Crippen LogP contribution is 2.51. The number of nitrogens with zero attached hydrogens (tertiary/aromatic N) is 2. The van der Waals surface area contributed by atoms with Crippen LogP contribution in [0.25, 0.3) is 103 Å². The molecule has 10 aromatic carbocycles. The van der Waals surface area contributed by atoms with Gasteiger partial charge in [-0.05, 0) is 124 Å². The van der Waals surface area contributed by atoms with Crippen LogP contribution in [0.4, 0.5) is 17.1 Å². The fraction of sp³-hybridized carbons (Fsp3) is 0.0476. The van der Waals surface area contributed by atoms with Crippen molar-refractivity contribution < 1.29 is 4.42 Å². The number of aromatic nitrogens is 1. The molecule has 0 amide bonds. The number of rotatable bonds is 6. The van der Waals surface area contributed by atoms with Crippen molar-refractivity contribution in [3.8, 4) is 39.1 Å². The third kappa shape index (κ3) is 5.76. The molecule has 4 heteroatoms. The van der Waals surface area contributed by atoms with Crippen LogP contribution in [-0.4, -0.2) is 4.57 Å². The number of para-hydroxylation sites is 3. The Labute approximate surface area is 392 Å². The quantitative estimate of drug-likeness (QED) is 0.166. The Morgan fingerprint density at radius 2 is 1.04 bits per heavy atom. The number of fused-ring (bicyclic) bond motifs is 12. The van der Waals surface area contributed by atoms with E-state index >= 15 is 0 Å². The fourth-order valence-corrected chi connectivity index (χ4v) is 12.3. The van der Waals surface area contributed by atoms with Gasteiger partial charge in [0.25, 0.3) is 0 Å². The maximum Gasteiger partial charge on any atom is 0.143 e. The van der Waals surface area contributed by atoms with E-state index in [0.717, 1.165) is 55.8 Å². The molecular weight excluding hydrogens is 833 g/mol. The van der Waals surface area contributed by atoms with Gasteiger partial charge in [-0.25, -0.2) is 0 Å². The summed E-state index contributed by atoms with van der Waals surface area (Å²) in [5, 5.41) is 7.19. The largest absolute Gasteiger partial charge is 0.455 e. The summed E-state index contributed by atoms with van der Waals surface area (Å²) in [6, 6.07) is 80.3. The molecule has 3 aromatic heterocycles. The van der Waals surface area contributed by atoms with Crippen LogP contribution in [0, 0.1) is 0 Å². The first-order valence-electron chi connectivity index (χ1n) is 23.1. The Morgan fingerprint density at radius 1 is 0.403 bits per heavy atom. The van der Waals surface area contributed by atoms with Gasteiger partial charge in [0.15, 0.2) is 0 Å². The average molecular weight is 875 g/mol. The second kappa shape index (κ2) is 14.4. The van der Waals surface area contributed by atoms with E-state index < -0.39 is 0 Å². The lowest BCUT2D eigenvalue weighted by Crippen LogP contribution is -2.14. The lowest BCUT2D eigenvalue weighted by atomic mass is 9.81. The Balaban J connectivity index is 0.995. The molecule has 0 saturated carbocycles. The molecule has 3 nitrogen and oxygen atoms in total. The molecule has 0 bridgehead atoms. The number of benzene rings is 10. The van der Waals surface area contributed by atoms with E-state index in [9.17, 15) is 0 Å². The molecule has 14 rings (SSSR count). The van der Waals surface area contributed by atoms with Crippen LogP contribution in [0.3, 0.4) is 0 Å². The van der Waals surface area contributed by atoms with Crippen molar-refractivity contribution in [3.63, 3.8) is 0 Å². The van der Waals surface area contributed by atoms with Gasteiger partial charge in [-0.3, -0.25) is 0 Å². The lowest BCUT2D eigenvalue weighted by molar-refractivity contribution is 0.660. The van der Waals surface area contributed by atoms with Gasteiger partial charge in [0.1, 0.15) is 11.2 Å². The van der Waals surface area contributed by atoms with Gasteiger partial charge in [-0.15, -0.1) is 11.3 Å². The molecule has 0 atom stereocenters. The zero-order chi connectivity index (χ0) is 44.4. The second-order valence-electron chi connectivity index (χ2n) is 18.5. The molecule has 0 aliphatic heterocycles. The summed E-state index contributed by atoms with van der Waals surface area (Å²) >= 11 is 1.85. The van der Waals surface area contributed by atoms with Crippen LogP contribution >= 0.6 is 11.3 Å². The molecule has 0 radical (unpaired) electrons. The van der Waals surface area contributed by atoms with Crippen molar-refractivity contribution in [2.75, 3.05) is 4.90 Å². The molecule has 13 aromatic rings. The molecular formula is C63H42N2OS. The molecule has 3 heterocycles. The summed E-state index contributed by atoms with van der Waals surface area (Å²) in [6.45, 7) is 4.71. The maximum absolute atomic E-state index is 6.88. The van der Waals surface area contributed by atoms with Gasteiger partial charge in [0.2, 0.25) is 0 Å². The maximum atomic E-state index is 6.88. The summed E-state index contributed by atoms with van der Waals surface area (Å²) in [4.78, 5) is 2.45. The van der Waals surface area contributed by atoms with E-state index in [-0.39, 0.29) is 5.41 Å². The predicted molar refractivity (Wildman–Crippen MR) is 284 cm³/mol. The van der Waals surface area contributed by atoms with E-state index in [1.54, 1.807) is 0 Å². The van der Waals surface area contributed by atoms with E-state index in [2.05, 4.69) is 242 Å². The molecule has 0 spiro atoms. The van der Waals surface area contributed by atoms with Crippen molar-refractivity contribution >= 4 is 92.3 Å². The van der Waals surface area contributed by atoms with Gasteiger partial charge >= 0.3 is 0 Å². The minimum Gasteiger partial charge on any atom is -0.455 e. The first-order chi connectivity index (χ1) is 33.0. The Hall–Kier alpha value is -8.18.